The number of rotatable bonds is 5. The third kappa shape index (κ3) is 5.70. The van der Waals surface area contributed by atoms with Gasteiger partial charge in [0.05, 0.1) is 6.61 Å². The second kappa shape index (κ2) is 7.38. The van der Waals surface area contributed by atoms with Crippen molar-refractivity contribution in [3.8, 4) is 0 Å². The van der Waals surface area contributed by atoms with Gasteiger partial charge in [-0.2, -0.15) is 0 Å². The average molecular weight is 282 g/mol. The van der Waals surface area contributed by atoms with Crippen LogP contribution in [-0.4, -0.2) is 6.61 Å². The molecule has 0 N–H and O–H groups in total. The SMILES string of the molecule is CCCOP(OBr)OBr. The Morgan fingerprint density at radius 1 is 1.33 bits per heavy atom. The Balaban J connectivity index is 3.09. The molecule has 0 aromatic heterocycles. The van der Waals surface area contributed by atoms with Crippen LogP contribution < -0.4 is 0 Å². The van der Waals surface area contributed by atoms with Crippen LogP contribution in [0.1, 0.15) is 13.3 Å². The lowest BCUT2D eigenvalue weighted by molar-refractivity contribution is 0.289. The summed E-state index contributed by atoms with van der Waals surface area (Å²) in [5.41, 5.74) is 0. The van der Waals surface area contributed by atoms with E-state index in [1.165, 1.54) is 0 Å². The van der Waals surface area contributed by atoms with Gasteiger partial charge in [-0.3, -0.25) is 0 Å². The third-order valence-corrected chi connectivity index (χ3v) is 2.55. The van der Waals surface area contributed by atoms with E-state index in [2.05, 4.69) is 39.7 Å². The topological polar surface area (TPSA) is 27.7 Å². The van der Waals surface area contributed by atoms with E-state index in [1.54, 1.807) is 0 Å². The second-order valence-electron chi connectivity index (χ2n) is 1.19. The molecule has 56 valence electrons. The summed E-state index contributed by atoms with van der Waals surface area (Å²) >= 11 is 5.51. The van der Waals surface area contributed by atoms with Crippen LogP contribution >= 0.6 is 41.1 Å². The molecular formula is C3H7Br2O3P. The zero-order valence-electron chi connectivity index (χ0n) is 4.84. The van der Waals surface area contributed by atoms with Crippen LogP contribution in [0.3, 0.4) is 0 Å². The summed E-state index contributed by atoms with van der Waals surface area (Å²) in [6, 6.07) is 0. The summed E-state index contributed by atoms with van der Waals surface area (Å²) in [4.78, 5) is 0. The lowest BCUT2D eigenvalue weighted by atomic mass is 10.5. The van der Waals surface area contributed by atoms with Crippen LogP contribution in [0, 0.1) is 0 Å². The molecule has 0 atom stereocenters. The predicted octanol–water partition coefficient (Wildman–Crippen LogP) is 3.29. The van der Waals surface area contributed by atoms with Crippen molar-refractivity contribution in [1.29, 1.82) is 0 Å². The maximum atomic E-state index is 5.02. The van der Waals surface area contributed by atoms with Gasteiger partial charge >= 0.3 is 8.60 Å². The molecule has 3 nitrogen and oxygen atoms in total. The highest BCUT2D eigenvalue weighted by Crippen LogP contribution is 2.43. The quantitative estimate of drug-likeness (QED) is 0.724. The maximum Gasteiger partial charge on any atom is 0.356 e. The molecule has 0 fully saturated rings. The first-order valence-corrected chi connectivity index (χ1v) is 4.74. The summed E-state index contributed by atoms with van der Waals surface area (Å²) in [5, 5.41) is 0. The van der Waals surface area contributed by atoms with Crippen molar-refractivity contribution in [3.63, 3.8) is 0 Å². The lowest BCUT2D eigenvalue weighted by Crippen LogP contribution is -1.85. The molecule has 0 saturated heterocycles. The van der Waals surface area contributed by atoms with Crippen LogP contribution in [0.2, 0.25) is 0 Å². The summed E-state index contributed by atoms with van der Waals surface area (Å²) in [7, 11) is -1.23. The van der Waals surface area contributed by atoms with Crippen molar-refractivity contribution in [2.75, 3.05) is 6.61 Å². The van der Waals surface area contributed by atoms with Gasteiger partial charge in [0, 0.05) is 0 Å². The summed E-state index contributed by atoms with van der Waals surface area (Å²) in [6.07, 6.45) is 0.950. The first-order valence-electron chi connectivity index (χ1n) is 2.35. The molecule has 9 heavy (non-hydrogen) atoms. The van der Waals surface area contributed by atoms with E-state index in [1.807, 2.05) is 6.92 Å². The fraction of sp³-hybridized carbons (Fsp3) is 1.00. The molecule has 6 heteroatoms. The first kappa shape index (κ1) is 10.3. The smallest absolute Gasteiger partial charge is 0.311 e. The van der Waals surface area contributed by atoms with Crippen LogP contribution in [0.15, 0.2) is 0 Å². The fourth-order valence-electron chi connectivity index (χ4n) is 0.216. The molecule has 0 aromatic rings. The molecule has 0 rings (SSSR count). The molecule has 0 saturated carbocycles. The Labute approximate surface area is 73.0 Å². The van der Waals surface area contributed by atoms with E-state index in [0.29, 0.717) is 6.61 Å². The van der Waals surface area contributed by atoms with Crippen LogP contribution in [0.25, 0.3) is 0 Å². The molecule has 0 amide bonds. The Morgan fingerprint density at radius 2 is 1.89 bits per heavy atom. The molecule has 0 aliphatic rings. The van der Waals surface area contributed by atoms with Crippen molar-refractivity contribution in [3.05, 3.63) is 0 Å². The van der Waals surface area contributed by atoms with Crippen LogP contribution in [0.5, 0.6) is 0 Å². The minimum Gasteiger partial charge on any atom is -0.311 e. The summed E-state index contributed by atoms with van der Waals surface area (Å²) in [5.74, 6) is 0. The average Bonchev–Trinajstić information content (AvgIpc) is 1.91. The van der Waals surface area contributed by atoms with Crippen LogP contribution in [-0.2, 0) is 11.8 Å². The van der Waals surface area contributed by atoms with E-state index >= 15 is 0 Å². The van der Waals surface area contributed by atoms with Gasteiger partial charge in [0.15, 0.2) is 0 Å². The van der Waals surface area contributed by atoms with Crippen LogP contribution in [0.4, 0.5) is 0 Å². The molecule has 0 aliphatic heterocycles. The van der Waals surface area contributed by atoms with Gasteiger partial charge in [0.2, 0.25) is 0 Å². The highest BCUT2D eigenvalue weighted by molar-refractivity contribution is 9.07. The Bertz CT molecular complexity index is 61.0. The van der Waals surface area contributed by atoms with Crippen molar-refractivity contribution < 1.29 is 11.8 Å². The van der Waals surface area contributed by atoms with Gasteiger partial charge in [-0.1, -0.05) is 6.92 Å². The molecular weight excluding hydrogens is 275 g/mol. The summed E-state index contributed by atoms with van der Waals surface area (Å²) in [6.45, 7) is 2.65. The first-order chi connectivity index (χ1) is 4.35. The van der Waals surface area contributed by atoms with Gasteiger partial charge in [0.25, 0.3) is 0 Å². The van der Waals surface area contributed by atoms with Gasteiger partial charge in [-0.05, 0) is 6.42 Å². The normalized spacial score (nSPS) is 10.7. The fourth-order valence-corrected chi connectivity index (χ4v) is 1.98. The largest absolute Gasteiger partial charge is 0.356 e. The van der Waals surface area contributed by atoms with Crippen molar-refractivity contribution in [2.24, 2.45) is 0 Å². The van der Waals surface area contributed by atoms with E-state index < -0.39 is 8.60 Å². The van der Waals surface area contributed by atoms with E-state index in [-0.39, 0.29) is 0 Å². The predicted molar refractivity (Wildman–Crippen MR) is 43.2 cm³/mol. The molecule has 0 aliphatic carbocycles. The minimum atomic E-state index is -1.23. The molecule has 0 heterocycles. The number of hydrogen-bond donors (Lipinski definition) is 0. The second-order valence-corrected chi connectivity index (χ2v) is 3.91. The molecule has 0 bridgehead atoms. The van der Waals surface area contributed by atoms with Crippen molar-refractivity contribution in [2.45, 2.75) is 13.3 Å². The third-order valence-electron chi connectivity index (χ3n) is 0.514. The Kier molecular flexibility index (Phi) is 8.42. The van der Waals surface area contributed by atoms with E-state index in [0.717, 1.165) is 6.42 Å². The van der Waals surface area contributed by atoms with Gasteiger partial charge in [-0.25, -0.2) is 7.23 Å². The lowest BCUT2D eigenvalue weighted by Gasteiger charge is -2.06. The highest BCUT2D eigenvalue weighted by atomic mass is 79.9. The molecule has 0 unspecified atom stereocenters. The minimum absolute atomic E-state index is 0.642. The van der Waals surface area contributed by atoms with Gasteiger partial charge in [-0.15, -0.1) is 0 Å². The van der Waals surface area contributed by atoms with E-state index in [9.17, 15) is 0 Å². The molecule has 0 aromatic carbocycles. The standard InChI is InChI=1S/C3H7Br2O3P/c1-2-3-6-9(7-4)8-5/h2-3H2,1H3. The zero-order chi connectivity index (χ0) is 7.11. The van der Waals surface area contributed by atoms with Crippen molar-refractivity contribution >= 4 is 41.1 Å². The van der Waals surface area contributed by atoms with Crippen molar-refractivity contribution in [1.82, 2.24) is 0 Å². The Hall–Kier alpha value is 1.27. The van der Waals surface area contributed by atoms with Gasteiger partial charge < -0.3 is 4.52 Å². The summed E-state index contributed by atoms with van der Waals surface area (Å²) < 4.78 is 14.2. The molecule has 0 spiro atoms. The monoisotopic (exact) mass is 280 g/mol. The Morgan fingerprint density at radius 3 is 2.22 bits per heavy atom. The number of halogens is 2. The maximum absolute atomic E-state index is 5.02. The number of hydrogen-bond acceptors (Lipinski definition) is 3. The highest BCUT2D eigenvalue weighted by Gasteiger charge is 2.07. The van der Waals surface area contributed by atoms with E-state index in [4.69, 9.17) is 4.52 Å². The molecule has 0 radical (unpaired) electrons. The zero-order valence-corrected chi connectivity index (χ0v) is 8.91. The van der Waals surface area contributed by atoms with Gasteiger partial charge in [0.1, 0.15) is 32.5 Å².